The molecular weight excluding hydrogens is 319 g/mol. The van der Waals surface area contributed by atoms with Gasteiger partial charge in [0.05, 0.1) is 0 Å². The fraction of sp³-hybridized carbons (Fsp3) is 0.250. The van der Waals surface area contributed by atoms with Gasteiger partial charge in [0.1, 0.15) is 0 Å². The van der Waals surface area contributed by atoms with Crippen molar-refractivity contribution in [3.05, 3.63) is 68.8 Å². The van der Waals surface area contributed by atoms with Crippen LogP contribution in [0.25, 0.3) is 0 Å². The predicted octanol–water partition coefficient (Wildman–Crippen LogP) is 5.01. The first-order valence-electron chi connectivity index (χ1n) is 5.99. The van der Waals surface area contributed by atoms with E-state index in [9.17, 15) is 0 Å². The maximum absolute atomic E-state index is 2.48. The molecule has 0 aliphatic rings. The molecule has 0 aliphatic carbocycles. The summed E-state index contributed by atoms with van der Waals surface area (Å²) in [6, 6.07) is 17.3. The Kier molecular flexibility index (Phi) is 4.21. The van der Waals surface area contributed by atoms with Crippen molar-refractivity contribution in [1.29, 1.82) is 0 Å². The Morgan fingerprint density at radius 2 is 1.65 bits per heavy atom. The molecule has 1 heteroatoms. The van der Waals surface area contributed by atoms with Gasteiger partial charge in [0.25, 0.3) is 0 Å². The Hall–Kier alpha value is -0.830. The van der Waals surface area contributed by atoms with Crippen molar-refractivity contribution in [2.45, 2.75) is 26.2 Å². The van der Waals surface area contributed by atoms with E-state index in [0.717, 1.165) is 6.42 Å². The normalized spacial score (nSPS) is 10.8. The summed E-state index contributed by atoms with van der Waals surface area (Å²) >= 11 is 2.48. The maximum Gasteiger partial charge on any atom is 0.0200 e. The highest BCUT2D eigenvalue weighted by Crippen LogP contribution is 2.25. The van der Waals surface area contributed by atoms with Crippen LogP contribution in [0.4, 0.5) is 0 Å². The van der Waals surface area contributed by atoms with Gasteiger partial charge in [-0.25, -0.2) is 0 Å². The molecule has 0 N–H and O–H groups in total. The number of hydrogen-bond donors (Lipinski definition) is 0. The summed E-state index contributed by atoms with van der Waals surface area (Å²) in [5.41, 5.74) is 4.27. The predicted molar refractivity (Wildman–Crippen MR) is 82.5 cm³/mol. The zero-order chi connectivity index (χ0) is 12.3. The van der Waals surface area contributed by atoms with Crippen molar-refractivity contribution in [2.75, 3.05) is 0 Å². The summed E-state index contributed by atoms with van der Waals surface area (Å²) in [4.78, 5) is 0. The van der Waals surface area contributed by atoms with Crippen molar-refractivity contribution < 1.29 is 0 Å². The summed E-state index contributed by atoms with van der Waals surface area (Å²) < 4.78 is 1.42. The summed E-state index contributed by atoms with van der Waals surface area (Å²) in [5.74, 6) is 0.595. The van der Waals surface area contributed by atoms with Gasteiger partial charge >= 0.3 is 0 Å². The molecule has 0 unspecified atom stereocenters. The summed E-state index contributed by atoms with van der Waals surface area (Å²) in [7, 11) is 0. The highest BCUT2D eigenvalue weighted by atomic mass is 127. The Bertz CT molecular complexity index is 486. The van der Waals surface area contributed by atoms with Gasteiger partial charge in [-0.3, -0.25) is 0 Å². The number of halogens is 1. The third-order valence-corrected chi connectivity index (χ3v) is 4.28. The third-order valence-electron chi connectivity index (χ3n) is 2.97. The lowest BCUT2D eigenvalue weighted by Crippen LogP contribution is -1.98. The second kappa shape index (κ2) is 5.67. The van der Waals surface area contributed by atoms with Crippen LogP contribution in [0.3, 0.4) is 0 Å². The summed E-state index contributed by atoms with van der Waals surface area (Å²) in [6.45, 7) is 4.51. The molecule has 2 rings (SSSR count). The molecule has 0 spiro atoms. The number of benzene rings is 2. The minimum Gasteiger partial charge on any atom is -0.0622 e. The van der Waals surface area contributed by atoms with Crippen LogP contribution in [0.5, 0.6) is 0 Å². The molecule has 0 aliphatic heterocycles. The van der Waals surface area contributed by atoms with Gasteiger partial charge in [-0.1, -0.05) is 62.4 Å². The van der Waals surface area contributed by atoms with Crippen LogP contribution in [-0.4, -0.2) is 0 Å². The van der Waals surface area contributed by atoms with Gasteiger partial charge in [0, 0.05) is 3.57 Å². The van der Waals surface area contributed by atoms with Crippen LogP contribution in [0, 0.1) is 3.57 Å². The van der Waals surface area contributed by atoms with Crippen LogP contribution >= 0.6 is 22.6 Å². The molecule has 0 saturated carbocycles. The summed E-state index contributed by atoms with van der Waals surface area (Å²) in [5, 5.41) is 0. The second-order valence-electron chi connectivity index (χ2n) is 4.64. The smallest absolute Gasteiger partial charge is 0.0200 e. The first kappa shape index (κ1) is 12.6. The maximum atomic E-state index is 2.48. The quantitative estimate of drug-likeness (QED) is 0.692. The Morgan fingerprint density at radius 1 is 0.941 bits per heavy atom. The van der Waals surface area contributed by atoms with E-state index in [0.29, 0.717) is 5.92 Å². The molecule has 0 heterocycles. The first-order valence-corrected chi connectivity index (χ1v) is 7.07. The van der Waals surface area contributed by atoms with Gasteiger partial charge in [-0.2, -0.15) is 0 Å². The molecule has 88 valence electrons. The largest absolute Gasteiger partial charge is 0.0622 e. The lowest BCUT2D eigenvalue weighted by Gasteiger charge is -2.12. The van der Waals surface area contributed by atoms with Crippen molar-refractivity contribution in [3.8, 4) is 0 Å². The van der Waals surface area contributed by atoms with E-state index in [-0.39, 0.29) is 0 Å². The number of hydrogen-bond acceptors (Lipinski definition) is 0. The van der Waals surface area contributed by atoms with Gasteiger partial charge in [-0.05, 0) is 51.6 Å². The van der Waals surface area contributed by atoms with Crippen molar-refractivity contribution in [2.24, 2.45) is 0 Å². The van der Waals surface area contributed by atoms with Gasteiger partial charge in [-0.15, -0.1) is 0 Å². The van der Waals surface area contributed by atoms with Gasteiger partial charge < -0.3 is 0 Å². The van der Waals surface area contributed by atoms with Crippen molar-refractivity contribution in [1.82, 2.24) is 0 Å². The average molecular weight is 336 g/mol. The molecule has 0 aromatic heterocycles. The minimum atomic E-state index is 0.595. The number of rotatable bonds is 3. The lowest BCUT2D eigenvalue weighted by atomic mass is 9.98. The Balaban J connectivity index is 2.31. The zero-order valence-electron chi connectivity index (χ0n) is 10.3. The van der Waals surface area contributed by atoms with Crippen molar-refractivity contribution in [3.63, 3.8) is 0 Å². The molecule has 2 aromatic carbocycles. The standard InChI is InChI=1S/C16H17I/c1-12(2)15-10-6-9-14(16(15)17)11-13-7-4-3-5-8-13/h3-10,12H,11H2,1-2H3. The molecule has 17 heavy (non-hydrogen) atoms. The van der Waals surface area contributed by atoms with E-state index in [1.54, 1.807) is 0 Å². The monoisotopic (exact) mass is 336 g/mol. The highest BCUT2D eigenvalue weighted by molar-refractivity contribution is 14.1. The van der Waals surface area contributed by atoms with E-state index >= 15 is 0 Å². The summed E-state index contributed by atoms with van der Waals surface area (Å²) in [6.07, 6.45) is 1.03. The van der Waals surface area contributed by atoms with E-state index in [4.69, 9.17) is 0 Å². The molecule has 0 saturated heterocycles. The molecule has 2 aromatic rings. The molecule has 0 radical (unpaired) electrons. The fourth-order valence-corrected chi connectivity index (χ4v) is 3.17. The van der Waals surface area contributed by atoms with Crippen molar-refractivity contribution >= 4 is 22.6 Å². The van der Waals surface area contributed by atoms with Crippen LogP contribution < -0.4 is 0 Å². The first-order chi connectivity index (χ1) is 8.18. The van der Waals surface area contributed by atoms with Gasteiger partial charge in [0.2, 0.25) is 0 Å². The lowest BCUT2D eigenvalue weighted by molar-refractivity contribution is 0.855. The molecule has 0 bridgehead atoms. The SMILES string of the molecule is CC(C)c1cccc(Cc2ccccc2)c1I. The molecule has 0 fully saturated rings. The average Bonchev–Trinajstić information content (AvgIpc) is 2.33. The van der Waals surface area contributed by atoms with Crippen LogP contribution in [0.2, 0.25) is 0 Å². The third kappa shape index (κ3) is 3.09. The second-order valence-corrected chi connectivity index (χ2v) is 5.72. The van der Waals surface area contributed by atoms with E-state index in [2.05, 4.69) is 85.0 Å². The molecule has 0 nitrogen and oxygen atoms in total. The van der Waals surface area contributed by atoms with E-state index in [1.807, 2.05) is 0 Å². The molecular formula is C16H17I. The highest BCUT2D eigenvalue weighted by Gasteiger charge is 2.08. The van der Waals surface area contributed by atoms with Crippen LogP contribution in [0.1, 0.15) is 36.5 Å². The Morgan fingerprint density at radius 3 is 2.29 bits per heavy atom. The fourth-order valence-electron chi connectivity index (χ4n) is 2.00. The molecule has 0 atom stereocenters. The minimum absolute atomic E-state index is 0.595. The zero-order valence-corrected chi connectivity index (χ0v) is 12.4. The van der Waals surface area contributed by atoms with Crippen LogP contribution in [-0.2, 0) is 6.42 Å². The topological polar surface area (TPSA) is 0 Å². The Labute approximate surface area is 117 Å². The van der Waals surface area contributed by atoms with E-state index < -0.39 is 0 Å². The van der Waals surface area contributed by atoms with Gasteiger partial charge in [0.15, 0.2) is 0 Å². The molecule has 0 amide bonds. The van der Waals surface area contributed by atoms with E-state index in [1.165, 1.54) is 20.3 Å². The van der Waals surface area contributed by atoms with Crippen LogP contribution in [0.15, 0.2) is 48.5 Å².